The number of pyridine rings is 1. The van der Waals surface area contributed by atoms with Gasteiger partial charge in [0.1, 0.15) is 5.82 Å². The van der Waals surface area contributed by atoms with Crippen LogP contribution in [-0.2, 0) is 6.54 Å². The van der Waals surface area contributed by atoms with Crippen LogP contribution in [-0.4, -0.2) is 39.8 Å². The first-order valence-corrected chi connectivity index (χ1v) is 11.5. The van der Waals surface area contributed by atoms with Crippen LogP contribution in [0.2, 0.25) is 5.02 Å². The van der Waals surface area contributed by atoms with Crippen molar-refractivity contribution in [3.8, 4) is 17.1 Å². The number of likely N-dealkylation sites (tertiary alicyclic amines) is 1. The number of hydrogen-bond acceptors (Lipinski definition) is 5. The second-order valence-electron chi connectivity index (χ2n) is 9.01. The minimum atomic E-state index is -0.355. The van der Waals surface area contributed by atoms with Gasteiger partial charge in [-0.2, -0.15) is 0 Å². The summed E-state index contributed by atoms with van der Waals surface area (Å²) >= 11 is 6.15. The first-order chi connectivity index (χ1) is 15.5. The van der Waals surface area contributed by atoms with Gasteiger partial charge in [0, 0.05) is 37.5 Å². The second kappa shape index (κ2) is 9.12. The van der Waals surface area contributed by atoms with E-state index in [1.165, 1.54) is 42.3 Å². The lowest BCUT2D eigenvalue weighted by molar-refractivity contribution is 0.219. The molecule has 2 aliphatic rings. The summed E-state index contributed by atoms with van der Waals surface area (Å²) in [5, 5.41) is 8.77. The van der Waals surface area contributed by atoms with Gasteiger partial charge in [-0.1, -0.05) is 17.7 Å². The number of aromatic nitrogens is 3. The van der Waals surface area contributed by atoms with E-state index in [1.807, 2.05) is 12.3 Å². The van der Waals surface area contributed by atoms with E-state index in [0.29, 0.717) is 34.7 Å². The van der Waals surface area contributed by atoms with Crippen LogP contribution in [0.15, 0.2) is 48.7 Å². The minimum Gasteiger partial charge on any atom is -0.476 e. The first kappa shape index (κ1) is 21.3. The van der Waals surface area contributed by atoms with Crippen molar-refractivity contribution in [1.82, 2.24) is 20.1 Å². The molecule has 0 N–H and O–H groups in total. The zero-order chi connectivity index (χ0) is 22.1. The fourth-order valence-electron chi connectivity index (χ4n) is 5.12. The molecule has 2 fully saturated rings. The molecular weight excluding hydrogens is 427 g/mol. The van der Waals surface area contributed by atoms with E-state index in [2.05, 4.69) is 33.1 Å². The lowest BCUT2D eigenvalue weighted by Gasteiger charge is -2.19. The van der Waals surface area contributed by atoms with Gasteiger partial charge in [0.05, 0.1) is 23.0 Å². The minimum absolute atomic E-state index is 0.355. The van der Waals surface area contributed by atoms with Crippen LogP contribution in [0, 0.1) is 30.5 Å². The predicted molar refractivity (Wildman–Crippen MR) is 122 cm³/mol. The van der Waals surface area contributed by atoms with E-state index in [0.717, 1.165) is 31.5 Å². The summed E-state index contributed by atoms with van der Waals surface area (Å²) in [6.45, 7) is 6.01. The van der Waals surface area contributed by atoms with E-state index in [1.54, 1.807) is 12.1 Å². The van der Waals surface area contributed by atoms with E-state index < -0.39 is 0 Å². The Morgan fingerprint density at radius 2 is 1.91 bits per heavy atom. The third kappa shape index (κ3) is 4.62. The van der Waals surface area contributed by atoms with Crippen LogP contribution in [0.25, 0.3) is 11.3 Å². The van der Waals surface area contributed by atoms with Crippen molar-refractivity contribution in [1.29, 1.82) is 0 Å². The topological polar surface area (TPSA) is 51.1 Å². The molecule has 1 aliphatic carbocycles. The zero-order valence-electron chi connectivity index (χ0n) is 18.0. The van der Waals surface area contributed by atoms with E-state index in [9.17, 15) is 4.39 Å². The molecule has 0 amide bonds. The Balaban J connectivity index is 1.12. The highest BCUT2D eigenvalue weighted by Crippen LogP contribution is 2.42. The smallest absolute Gasteiger partial charge is 0.233 e. The number of aryl methyl sites for hydroxylation is 1. The number of hydrogen-bond donors (Lipinski definition) is 0. The molecule has 0 radical (unpaired) electrons. The molecule has 3 aromatic rings. The lowest BCUT2D eigenvalue weighted by Crippen LogP contribution is -2.23. The highest BCUT2D eigenvalue weighted by Gasteiger charge is 2.41. The van der Waals surface area contributed by atoms with Crippen molar-refractivity contribution < 1.29 is 9.13 Å². The molecule has 1 aliphatic heterocycles. The highest BCUT2D eigenvalue weighted by molar-refractivity contribution is 6.33. The number of ether oxygens (including phenoxy) is 1. The maximum atomic E-state index is 13.5. The zero-order valence-corrected chi connectivity index (χ0v) is 18.8. The summed E-state index contributed by atoms with van der Waals surface area (Å²) in [7, 11) is 0. The molecular formula is C25H26ClFN4O. The van der Waals surface area contributed by atoms with Crippen LogP contribution in [0.5, 0.6) is 5.88 Å². The van der Waals surface area contributed by atoms with Crippen LogP contribution in [0.3, 0.4) is 0 Å². The molecule has 1 saturated heterocycles. The molecule has 3 heterocycles. The number of nitrogens with zero attached hydrogens (tertiary/aromatic N) is 4. The van der Waals surface area contributed by atoms with Crippen LogP contribution in [0.4, 0.5) is 4.39 Å². The van der Waals surface area contributed by atoms with Crippen molar-refractivity contribution in [3.63, 3.8) is 0 Å². The lowest BCUT2D eigenvalue weighted by atomic mass is 10.0. The maximum absolute atomic E-state index is 13.5. The fourth-order valence-corrected chi connectivity index (χ4v) is 5.34. The van der Waals surface area contributed by atoms with Gasteiger partial charge in [0.25, 0.3) is 0 Å². The van der Waals surface area contributed by atoms with Crippen LogP contribution < -0.4 is 4.74 Å². The van der Waals surface area contributed by atoms with Crippen molar-refractivity contribution in [2.75, 3.05) is 19.7 Å². The van der Waals surface area contributed by atoms with Crippen molar-refractivity contribution in [2.45, 2.75) is 26.3 Å². The van der Waals surface area contributed by atoms with Gasteiger partial charge >= 0.3 is 0 Å². The Labute approximate surface area is 192 Å². The summed E-state index contributed by atoms with van der Waals surface area (Å²) in [6, 6.07) is 11.9. The molecule has 1 saturated carbocycles. The van der Waals surface area contributed by atoms with Gasteiger partial charge in [0.2, 0.25) is 5.88 Å². The van der Waals surface area contributed by atoms with Gasteiger partial charge < -0.3 is 4.74 Å². The summed E-state index contributed by atoms with van der Waals surface area (Å²) in [5.41, 5.74) is 3.51. The van der Waals surface area contributed by atoms with Crippen molar-refractivity contribution >= 4 is 11.6 Å². The second-order valence-corrected chi connectivity index (χ2v) is 9.42. The third-order valence-electron chi connectivity index (χ3n) is 6.73. The van der Waals surface area contributed by atoms with Gasteiger partial charge in [-0.05, 0) is 73.4 Å². The third-order valence-corrected chi connectivity index (χ3v) is 7.06. The normalized spacial score (nSPS) is 22.8. The Morgan fingerprint density at radius 1 is 1.09 bits per heavy atom. The van der Waals surface area contributed by atoms with Gasteiger partial charge in [-0.15, -0.1) is 10.2 Å². The molecule has 0 bridgehead atoms. The Kier molecular flexibility index (Phi) is 6.07. The summed E-state index contributed by atoms with van der Waals surface area (Å²) in [6.07, 6.45) is 4.26. The Hall–Kier alpha value is -2.57. The number of benzene rings is 1. The number of rotatable bonds is 6. The summed E-state index contributed by atoms with van der Waals surface area (Å²) < 4.78 is 19.5. The summed E-state index contributed by atoms with van der Waals surface area (Å²) in [5.74, 6) is 2.15. The van der Waals surface area contributed by atoms with Gasteiger partial charge in [-0.3, -0.25) is 9.88 Å². The fraction of sp³-hybridized carbons (Fsp3) is 0.400. The van der Waals surface area contributed by atoms with E-state index >= 15 is 0 Å². The van der Waals surface area contributed by atoms with E-state index in [-0.39, 0.29) is 5.82 Å². The van der Waals surface area contributed by atoms with Crippen molar-refractivity contribution in [2.24, 2.45) is 17.8 Å². The first-order valence-electron chi connectivity index (χ1n) is 11.1. The monoisotopic (exact) mass is 452 g/mol. The maximum Gasteiger partial charge on any atom is 0.233 e. The van der Waals surface area contributed by atoms with Gasteiger partial charge in [0.15, 0.2) is 0 Å². The number of fused-ring (bicyclic) bond motifs is 1. The molecule has 1 aromatic carbocycles. The standard InChI is InChI=1S/C25H26ClFN4O/c1-16-3-2-8-28-24(16)14-31-12-18-9-17(10-19(18)13-31)15-32-25-7-6-23(29-30-25)21-11-20(27)4-5-22(21)26/h2-8,11,17-19H,9-10,12-15H2,1H3/t17?,18-,19+. The average Bonchev–Trinajstić information content (AvgIpc) is 3.34. The largest absolute Gasteiger partial charge is 0.476 e. The molecule has 166 valence electrons. The Morgan fingerprint density at radius 3 is 2.62 bits per heavy atom. The molecule has 7 heteroatoms. The quantitative estimate of drug-likeness (QED) is 0.516. The molecule has 0 spiro atoms. The van der Waals surface area contributed by atoms with Crippen LogP contribution >= 0.6 is 11.6 Å². The number of halogens is 2. The predicted octanol–water partition coefficient (Wildman–Crippen LogP) is 5.18. The molecule has 3 atom stereocenters. The molecule has 5 rings (SSSR count). The average molecular weight is 453 g/mol. The molecule has 32 heavy (non-hydrogen) atoms. The van der Waals surface area contributed by atoms with E-state index in [4.69, 9.17) is 16.3 Å². The molecule has 2 aromatic heterocycles. The summed E-state index contributed by atoms with van der Waals surface area (Å²) in [4.78, 5) is 7.09. The molecule has 5 nitrogen and oxygen atoms in total. The SMILES string of the molecule is Cc1cccnc1CN1C[C@H]2CC(COc3ccc(-c4cc(F)ccc4Cl)nn3)C[C@H]2C1. The highest BCUT2D eigenvalue weighted by atomic mass is 35.5. The van der Waals surface area contributed by atoms with Crippen LogP contribution in [0.1, 0.15) is 24.1 Å². The van der Waals surface area contributed by atoms with Crippen molar-refractivity contribution in [3.05, 3.63) is 70.8 Å². The van der Waals surface area contributed by atoms with Gasteiger partial charge in [-0.25, -0.2) is 4.39 Å². The molecule has 1 unspecified atom stereocenters. The Bertz CT molecular complexity index is 1080.